The summed E-state index contributed by atoms with van der Waals surface area (Å²) in [5.41, 5.74) is 3.01. The van der Waals surface area contributed by atoms with Gasteiger partial charge in [0.15, 0.2) is 5.16 Å². The third-order valence-electron chi connectivity index (χ3n) is 4.87. The van der Waals surface area contributed by atoms with Gasteiger partial charge in [-0.1, -0.05) is 48.5 Å². The van der Waals surface area contributed by atoms with Gasteiger partial charge in [0.25, 0.3) is 0 Å². The third-order valence-corrected chi connectivity index (χ3v) is 6.12. The zero-order valence-electron chi connectivity index (χ0n) is 18.0. The molecule has 0 atom stereocenters. The monoisotopic (exact) mass is 458 g/mol. The van der Waals surface area contributed by atoms with Crippen LogP contribution in [0.15, 0.2) is 47.6 Å². The van der Waals surface area contributed by atoms with Crippen molar-refractivity contribution in [3.63, 3.8) is 0 Å². The van der Waals surface area contributed by atoms with Crippen LogP contribution in [-0.2, 0) is 24.7 Å². The number of nitrogens with zero attached hydrogens (tertiary/aromatic N) is 3. The van der Waals surface area contributed by atoms with Gasteiger partial charge in [0, 0.05) is 24.2 Å². The molecular formula is C23H27ClN4O2S. The second kappa shape index (κ2) is 11.2. The van der Waals surface area contributed by atoms with E-state index in [-0.39, 0.29) is 11.7 Å². The summed E-state index contributed by atoms with van der Waals surface area (Å²) in [7, 11) is 1.92. The van der Waals surface area contributed by atoms with Crippen molar-refractivity contribution in [3.8, 4) is 5.75 Å². The van der Waals surface area contributed by atoms with Crippen LogP contribution in [0.1, 0.15) is 30.3 Å². The van der Waals surface area contributed by atoms with Crippen molar-refractivity contribution in [2.24, 2.45) is 7.05 Å². The number of halogens is 1. The summed E-state index contributed by atoms with van der Waals surface area (Å²) in [4.78, 5) is 12.4. The Bertz CT molecular complexity index is 1040. The molecule has 0 fully saturated rings. The lowest BCUT2D eigenvalue weighted by molar-refractivity contribution is -0.113. The number of carbonyl (C=O) groups excluding carboxylic acids is 1. The zero-order valence-corrected chi connectivity index (χ0v) is 19.6. The van der Waals surface area contributed by atoms with Gasteiger partial charge in [0.05, 0.1) is 12.4 Å². The molecule has 1 heterocycles. The molecule has 0 saturated heterocycles. The molecule has 0 aliphatic heterocycles. The van der Waals surface area contributed by atoms with E-state index in [0.29, 0.717) is 11.6 Å². The summed E-state index contributed by atoms with van der Waals surface area (Å²) in [6.07, 6.45) is 2.43. The summed E-state index contributed by atoms with van der Waals surface area (Å²) in [6, 6.07) is 13.5. The van der Waals surface area contributed by atoms with Crippen LogP contribution in [0.3, 0.4) is 0 Å². The summed E-state index contributed by atoms with van der Waals surface area (Å²) in [5.74, 6) is 1.94. The number of ether oxygens (including phenoxy) is 1. The molecule has 8 heteroatoms. The Morgan fingerprint density at radius 2 is 2.03 bits per heavy atom. The van der Waals surface area contributed by atoms with E-state index < -0.39 is 0 Å². The molecule has 0 unspecified atom stereocenters. The minimum absolute atomic E-state index is 0.0535. The molecule has 0 bridgehead atoms. The van der Waals surface area contributed by atoms with E-state index in [4.69, 9.17) is 16.3 Å². The number of aryl methyl sites for hydroxylation is 3. The van der Waals surface area contributed by atoms with Gasteiger partial charge in [-0.3, -0.25) is 4.79 Å². The Labute approximate surface area is 192 Å². The van der Waals surface area contributed by atoms with E-state index in [9.17, 15) is 4.79 Å². The summed E-state index contributed by atoms with van der Waals surface area (Å²) in [5, 5.41) is 12.9. The normalized spacial score (nSPS) is 10.8. The lowest BCUT2D eigenvalue weighted by Crippen LogP contribution is -2.15. The van der Waals surface area contributed by atoms with Crippen LogP contribution in [-0.4, -0.2) is 33.0 Å². The van der Waals surface area contributed by atoms with Crippen molar-refractivity contribution >= 4 is 35.0 Å². The van der Waals surface area contributed by atoms with E-state index >= 15 is 0 Å². The number of benzene rings is 2. The van der Waals surface area contributed by atoms with E-state index in [1.54, 1.807) is 0 Å². The molecule has 0 radical (unpaired) electrons. The van der Waals surface area contributed by atoms with E-state index in [2.05, 4.69) is 22.4 Å². The molecule has 3 aromatic rings. The molecule has 31 heavy (non-hydrogen) atoms. The highest BCUT2D eigenvalue weighted by atomic mass is 35.5. The van der Waals surface area contributed by atoms with Crippen LogP contribution in [0.5, 0.6) is 5.75 Å². The van der Waals surface area contributed by atoms with Crippen LogP contribution in [0, 0.1) is 6.92 Å². The Kier molecular flexibility index (Phi) is 8.37. The van der Waals surface area contributed by atoms with Gasteiger partial charge in [-0.2, -0.15) is 0 Å². The number of rotatable bonds is 10. The van der Waals surface area contributed by atoms with Gasteiger partial charge >= 0.3 is 0 Å². The predicted octanol–water partition coefficient (Wildman–Crippen LogP) is 5.08. The second-order valence-electron chi connectivity index (χ2n) is 7.17. The van der Waals surface area contributed by atoms with Crippen molar-refractivity contribution < 1.29 is 9.53 Å². The van der Waals surface area contributed by atoms with Crippen molar-refractivity contribution in [1.82, 2.24) is 14.8 Å². The van der Waals surface area contributed by atoms with Crippen LogP contribution < -0.4 is 10.1 Å². The first-order chi connectivity index (χ1) is 15.0. The fourth-order valence-electron chi connectivity index (χ4n) is 3.14. The van der Waals surface area contributed by atoms with Crippen molar-refractivity contribution in [3.05, 3.63) is 64.4 Å². The number of para-hydroxylation sites is 1. The molecule has 6 nitrogen and oxygen atoms in total. The number of anilines is 1. The number of hydrogen-bond acceptors (Lipinski definition) is 5. The molecule has 1 aromatic heterocycles. The van der Waals surface area contributed by atoms with Crippen molar-refractivity contribution in [2.45, 2.75) is 38.3 Å². The second-order valence-corrected chi connectivity index (χ2v) is 8.55. The van der Waals surface area contributed by atoms with E-state index in [1.807, 2.05) is 61.0 Å². The molecule has 1 N–H and O–H groups in total. The Morgan fingerprint density at radius 3 is 2.81 bits per heavy atom. The lowest BCUT2D eigenvalue weighted by atomic mass is 10.1. The van der Waals surface area contributed by atoms with Gasteiger partial charge in [-0.15, -0.1) is 10.2 Å². The van der Waals surface area contributed by atoms with E-state index in [0.717, 1.165) is 52.8 Å². The summed E-state index contributed by atoms with van der Waals surface area (Å²) in [6.45, 7) is 4.63. The fraction of sp³-hybridized carbons (Fsp3) is 0.348. The maximum atomic E-state index is 12.4. The average molecular weight is 459 g/mol. The third kappa shape index (κ3) is 6.48. The van der Waals surface area contributed by atoms with Gasteiger partial charge in [0.2, 0.25) is 5.91 Å². The maximum Gasteiger partial charge on any atom is 0.234 e. The number of nitrogens with one attached hydrogen (secondary N) is 1. The quantitative estimate of drug-likeness (QED) is 0.339. The Hall–Kier alpha value is -2.51. The standard InChI is InChI=1S/C23H27ClN4O2S/c1-4-17-8-5-6-9-19(17)25-22(29)15-31-23-27-26-21(28(23)3)10-7-13-30-20-12-11-18(24)14-16(20)2/h5-6,8-9,11-12,14H,4,7,10,13,15H2,1-3H3,(H,25,29). The highest BCUT2D eigenvalue weighted by Gasteiger charge is 2.12. The topological polar surface area (TPSA) is 69.0 Å². The SMILES string of the molecule is CCc1ccccc1NC(=O)CSc1nnc(CCCOc2ccc(Cl)cc2C)n1C. The minimum Gasteiger partial charge on any atom is -0.493 e. The van der Waals surface area contributed by atoms with Crippen LogP contribution in [0.4, 0.5) is 5.69 Å². The van der Waals surface area contributed by atoms with Gasteiger partial charge in [-0.05, 0) is 55.2 Å². The lowest BCUT2D eigenvalue weighted by Gasteiger charge is -2.10. The number of amides is 1. The summed E-state index contributed by atoms with van der Waals surface area (Å²) < 4.78 is 7.78. The molecule has 0 spiro atoms. The average Bonchev–Trinajstić information content (AvgIpc) is 3.11. The molecule has 1 amide bonds. The van der Waals surface area contributed by atoms with Crippen molar-refractivity contribution in [1.29, 1.82) is 0 Å². The minimum atomic E-state index is -0.0535. The number of thioether (sulfide) groups is 1. The highest BCUT2D eigenvalue weighted by molar-refractivity contribution is 7.99. The first kappa shape index (κ1) is 23.2. The smallest absolute Gasteiger partial charge is 0.234 e. The maximum absolute atomic E-state index is 12.4. The Morgan fingerprint density at radius 1 is 1.23 bits per heavy atom. The number of hydrogen-bond donors (Lipinski definition) is 1. The van der Waals surface area contributed by atoms with E-state index in [1.165, 1.54) is 11.8 Å². The Balaban J connectivity index is 1.45. The largest absolute Gasteiger partial charge is 0.493 e. The molecule has 164 valence electrons. The van der Waals surface area contributed by atoms with Gasteiger partial charge < -0.3 is 14.6 Å². The molecule has 0 aliphatic carbocycles. The number of aromatic nitrogens is 3. The zero-order chi connectivity index (χ0) is 22.2. The van der Waals surface area contributed by atoms with Crippen molar-refractivity contribution in [2.75, 3.05) is 17.7 Å². The molecule has 0 aliphatic rings. The molecular weight excluding hydrogens is 432 g/mol. The fourth-order valence-corrected chi connectivity index (χ4v) is 4.10. The molecule has 3 rings (SSSR count). The first-order valence-corrected chi connectivity index (χ1v) is 11.6. The highest BCUT2D eigenvalue weighted by Crippen LogP contribution is 2.22. The van der Waals surface area contributed by atoms with Crippen LogP contribution in [0.2, 0.25) is 5.02 Å². The molecule has 2 aromatic carbocycles. The van der Waals surface area contributed by atoms with Crippen LogP contribution in [0.25, 0.3) is 0 Å². The summed E-state index contributed by atoms with van der Waals surface area (Å²) >= 11 is 7.36. The number of carbonyl (C=O) groups is 1. The van der Waals surface area contributed by atoms with Gasteiger partial charge in [0.1, 0.15) is 11.6 Å². The van der Waals surface area contributed by atoms with Gasteiger partial charge in [-0.25, -0.2) is 0 Å². The predicted molar refractivity (Wildman–Crippen MR) is 126 cm³/mol. The van der Waals surface area contributed by atoms with Crippen LogP contribution >= 0.6 is 23.4 Å². The first-order valence-electron chi connectivity index (χ1n) is 10.3. The molecule has 0 saturated carbocycles.